The lowest BCUT2D eigenvalue weighted by molar-refractivity contribution is -0.149. The van der Waals surface area contributed by atoms with Crippen molar-refractivity contribution < 1.29 is 33.4 Å². The highest BCUT2D eigenvalue weighted by Crippen LogP contribution is 2.29. The van der Waals surface area contributed by atoms with Crippen molar-refractivity contribution in [2.75, 3.05) is 39.4 Å². The second-order valence-electron chi connectivity index (χ2n) is 9.37. The molecular formula is C23H36N4O7. The summed E-state index contributed by atoms with van der Waals surface area (Å²) >= 11 is 0. The predicted molar refractivity (Wildman–Crippen MR) is 120 cm³/mol. The number of hydrogen-bond acceptors (Lipinski definition) is 9. The number of esters is 2. The molecule has 0 N–H and O–H groups in total. The fourth-order valence-corrected chi connectivity index (χ4v) is 4.25. The molecule has 0 aliphatic carbocycles. The van der Waals surface area contributed by atoms with Gasteiger partial charge in [0.05, 0.1) is 32.4 Å². The van der Waals surface area contributed by atoms with Crippen molar-refractivity contribution in [3.63, 3.8) is 0 Å². The fraction of sp³-hybridized carbons (Fsp3) is 0.783. The highest BCUT2D eigenvalue weighted by atomic mass is 16.6. The van der Waals surface area contributed by atoms with Gasteiger partial charge in [-0.15, -0.1) is 0 Å². The molecule has 0 spiro atoms. The standard InChI is InChI=1S/C23H36N4O7/c1-6-32-19(28)14-25(15-20(29)33-7-2)17-11-18(21(30)26-10-8-9-16(26)12-24)27(13-17)22(31)34-23(3,4)5/h16-18H,6-11,13-15H2,1-5H3/t16?,17-,18-/m0/s1. The Labute approximate surface area is 200 Å². The molecular weight excluding hydrogens is 444 g/mol. The first kappa shape index (κ1) is 27.4. The largest absolute Gasteiger partial charge is 0.465 e. The zero-order valence-corrected chi connectivity index (χ0v) is 20.7. The van der Waals surface area contributed by atoms with Gasteiger partial charge in [-0.3, -0.25) is 24.2 Å². The van der Waals surface area contributed by atoms with Crippen molar-refractivity contribution in [1.82, 2.24) is 14.7 Å². The molecule has 1 unspecified atom stereocenters. The third-order valence-corrected chi connectivity index (χ3v) is 5.67. The number of nitrogens with zero attached hydrogens (tertiary/aromatic N) is 4. The van der Waals surface area contributed by atoms with Crippen LogP contribution in [0.3, 0.4) is 0 Å². The van der Waals surface area contributed by atoms with Crippen molar-refractivity contribution in [3.05, 3.63) is 0 Å². The minimum atomic E-state index is -0.874. The van der Waals surface area contributed by atoms with E-state index in [1.165, 1.54) is 9.80 Å². The summed E-state index contributed by atoms with van der Waals surface area (Å²) in [5.41, 5.74) is -0.777. The molecule has 0 saturated carbocycles. The minimum Gasteiger partial charge on any atom is -0.465 e. The normalized spacial score (nSPS) is 22.4. The van der Waals surface area contributed by atoms with E-state index in [0.717, 1.165) is 0 Å². The first-order valence-electron chi connectivity index (χ1n) is 11.8. The lowest BCUT2D eigenvalue weighted by atomic mass is 10.1. The summed E-state index contributed by atoms with van der Waals surface area (Å²) < 4.78 is 15.6. The van der Waals surface area contributed by atoms with Crippen LogP contribution in [-0.2, 0) is 28.6 Å². The van der Waals surface area contributed by atoms with Gasteiger partial charge in [0.25, 0.3) is 0 Å². The Hall–Kier alpha value is -2.87. The van der Waals surface area contributed by atoms with Crippen molar-refractivity contribution in [3.8, 4) is 6.07 Å². The molecule has 2 aliphatic heterocycles. The summed E-state index contributed by atoms with van der Waals surface area (Å²) in [6.45, 7) is 9.08. The Balaban J connectivity index is 2.30. The summed E-state index contributed by atoms with van der Waals surface area (Å²) in [6, 6.07) is 0.251. The molecule has 0 aromatic heterocycles. The van der Waals surface area contributed by atoms with Gasteiger partial charge in [0.15, 0.2) is 0 Å². The van der Waals surface area contributed by atoms with Gasteiger partial charge in [-0.25, -0.2) is 4.79 Å². The number of hydrogen-bond donors (Lipinski definition) is 0. The number of ether oxygens (including phenoxy) is 3. The van der Waals surface area contributed by atoms with E-state index in [9.17, 15) is 24.4 Å². The second-order valence-corrected chi connectivity index (χ2v) is 9.37. The molecule has 2 aliphatic rings. The number of carbonyl (C=O) groups is 4. The molecule has 0 bridgehead atoms. The molecule has 0 aromatic carbocycles. The van der Waals surface area contributed by atoms with E-state index in [1.54, 1.807) is 39.5 Å². The maximum atomic E-state index is 13.4. The minimum absolute atomic E-state index is 0.0786. The van der Waals surface area contributed by atoms with Gasteiger partial charge in [-0.2, -0.15) is 5.26 Å². The zero-order chi connectivity index (χ0) is 25.5. The average molecular weight is 481 g/mol. The number of nitriles is 1. The molecule has 3 atom stereocenters. The van der Waals surface area contributed by atoms with Crippen LogP contribution in [0.4, 0.5) is 4.79 Å². The molecule has 11 heteroatoms. The van der Waals surface area contributed by atoms with E-state index < -0.39 is 41.8 Å². The topological polar surface area (TPSA) is 129 Å². The van der Waals surface area contributed by atoms with Gasteiger partial charge in [0, 0.05) is 19.1 Å². The highest BCUT2D eigenvalue weighted by Gasteiger charge is 2.47. The molecule has 11 nitrogen and oxygen atoms in total. The predicted octanol–water partition coefficient (Wildman–Crippen LogP) is 1.31. The van der Waals surface area contributed by atoms with Crippen molar-refractivity contribution in [2.45, 2.75) is 77.6 Å². The lowest BCUT2D eigenvalue weighted by Crippen LogP contribution is -2.50. The quantitative estimate of drug-likeness (QED) is 0.373. The third-order valence-electron chi connectivity index (χ3n) is 5.67. The smallest absolute Gasteiger partial charge is 0.411 e. The maximum Gasteiger partial charge on any atom is 0.411 e. The van der Waals surface area contributed by atoms with Gasteiger partial charge in [-0.05, 0) is 53.9 Å². The Morgan fingerprint density at radius 2 is 1.62 bits per heavy atom. The number of carbonyl (C=O) groups excluding carboxylic acids is 4. The Bertz CT molecular complexity index is 784. The van der Waals surface area contributed by atoms with E-state index in [-0.39, 0.29) is 45.2 Å². The Morgan fingerprint density at radius 3 is 2.12 bits per heavy atom. The van der Waals surface area contributed by atoms with Gasteiger partial charge in [0.1, 0.15) is 17.7 Å². The first-order valence-corrected chi connectivity index (χ1v) is 11.8. The molecule has 2 fully saturated rings. The zero-order valence-electron chi connectivity index (χ0n) is 20.7. The fourth-order valence-electron chi connectivity index (χ4n) is 4.25. The van der Waals surface area contributed by atoms with Crippen LogP contribution in [0.15, 0.2) is 0 Å². The van der Waals surface area contributed by atoms with Crippen LogP contribution in [-0.4, -0.2) is 102 Å². The van der Waals surface area contributed by atoms with Crippen LogP contribution < -0.4 is 0 Å². The molecule has 2 heterocycles. The maximum absolute atomic E-state index is 13.4. The highest BCUT2D eigenvalue weighted by molar-refractivity contribution is 5.87. The second kappa shape index (κ2) is 12.0. The van der Waals surface area contributed by atoms with Gasteiger partial charge in [-0.1, -0.05) is 0 Å². The summed E-state index contributed by atoms with van der Waals surface area (Å²) in [4.78, 5) is 55.3. The number of likely N-dealkylation sites (tertiary alicyclic amines) is 2. The SMILES string of the molecule is CCOC(=O)CN(CC(=O)OCC)[C@H]1C[C@@H](C(=O)N2CCCC2C#N)N(C(=O)OC(C)(C)C)C1. The van der Waals surface area contributed by atoms with Crippen LogP contribution in [0.1, 0.15) is 53.9 Å². The summed E-state index contributed by atoms with van der Waals surface area (Å²) in [6.07, 6.45) is 0.826. The molecule has 2 amide bonds. The molecule has 0 radical (unpaired) electrons. The summed E-state index contributed by atoms with van der Waals surface area (Å²) in [5, 5.41) is 9.44. The molecule has 2 rings (SSSR count). The van der Waals surface area contributed by atoms with Gasteiger partial charge >= 0.3 is 18.0 Å². The number of rotatable bonds is 8. The van der Waals surface area contributed by atoms with Crippen LogP contribution in [0, 0.1) is 11.3 Å². The molecule has 0 aromatic rings. The van der Waals surface area contributed by atoms with Crippen molar-refractivity contribution >= 4 is 23.9 Å². The molecule has 190 valence electrons. The van der Waals surface area contributed by atoms with Crippen molar-refractivity contribution in [2.24, 2.45) is 0 Å². The average Bonchev–Trinajstić information content (AvgIpc) is 3.39. The Kier molecular flexibility index (Phi) is 9.67. The van der Waals surface area contributed by atoms with Crippen LogP contribution in [0.25, 0.3) is 0 Å². The molecule has 2 saturated heterocycles. The van der Waals surface area contributed by atoms with E-state index in [1.807, 2.05) is 0 Å². The molecule has 34 heavy (non-hydrogen) atoms. The van der Waals surface area contributed by atoms with Crippen LogP contribution in [0.2, 0.25) is 0 Å². The van der Waals surface area contributed by atoms with Crippen LogP contribution >= 0.6 is 0 Å². The van der Waals surface area contributed by atoms with E-state index in [2.05, 4.69) is 6.07 Å². The third kappa shape index (κ3) is 7.32. The lowest BCUT2D eigenvalue weighted by Gasteiger charge is -2.31. The first-order chi connectivity index (χ1) is 16.0. The van der Waals surface area contributed by atoms with E-state index >= 15 is 0 Å². The summed E-state index contributed by atoms with van der Waals surface area (Å²) in [5.74, 6) is -1.37. The Morgan fingerprint density at radius 1 is 1.03 bits per heavy atom. The van der Waals surface area contributed by atoms with Gasteiger partial charge < -0.3 is 19.1 Å². The van der Waals surface area contributed by atoms with E-state index in [0.29, 0.717) is 19.4 Å². The van der Waals surface area contributed by atoms with Crippen LogP contribution in [0.5, 0.6) is 0 Å². The van der Waals surface area contributed by atoms with E-state index in [4.69, 9.17) is 14.2 Å². The monoisotopic (exact) mass is 480 g/mol. The number of amides is 2. The van der Waals surface area contributed by atoms with Crippen molar-refractivity contribution in [1.29, 1.82) is 5.26 Å². The summed E-state index contributed by atoms with van der Waals surface area (Å²) in [7, 11) is 0. The van der Waals surface area contributed by atoms with Gasteiger partial charge in [0.2, 0.25) is 5.91 Å².